The number of nitrogens with zero attached hydrogens (tertiary/aromatic N) is 1. The van der Waals surface area contributed by atoms with Crippen molar-refractivity contribution >= 4 is 22.4 Å². The number of nitrogens with two attached hydrogens (primary N) is 1. The Morgan fingerprint density at radius 1 is 1.35 bits per heavy atom. The number of ether oxygens (including phenoxy) is 1. The van der Waals surface area contributed by atoms with E-state index in [9.17, 15) is 5.11 Å². The zero-order valence-corrected chi connectivity index (χ0v) is 13.1. The fraction of sp³-hybridized carbons (Fsp3) is 0.786. The van der Waals surface area contributed by atoms with Gasteiger partial charge in [0.1, 0.15) is 0 Å². The standard InChI is InChI=1S/C14H25N3O2S/c1-10(2)19-11-12(15)17-20-13(11)16-9-14(18)7-5-3-4-6-8-14/h10,16,18H,3-9H2,1-2H3,(H2,15,17). The third-order valence-corrected chi connectivity index (χ3v) is 4.44. The molecule has 0 radical (unpaired) electrons. The van der Waals surface area contributed by atoms with E-state index in [-0.39, 0.29) is 6.10 Å². The van der Waals surface area contributed by atoms with E-state index in [1.807, 2.05) is 13.8 Å². The van der Waals surface area contributed by atoms with Gasteiger partial charge in [0.15, 0.2) is 16.6 Å². The van der Waals surface area contributed by atoms with Crippen molar-refractivity contribution < 1.29 is 9.84 Å². The van der Waals surface area contributed by atoms with E-state index < -0.39 is 5.60 Å². The van der Waals surface area contributed by atoms with Crippen LogP contribution in [0.1, 0.15) is 52.4 Å². The molecule has 5 nitrogen and oxygen atoms in total. The van der Waals surface area contributed by atoms with E-state index in [1.165, 1.54) is 24.4 Å². The third kappa shape index (κ3) is 3.99. The van der Waals surface area contributed by atoms with Crippen molar-refractivity contribution in [2.24, 2.45) is 0 Å². The van der Waals surface area contributed by atoms with Gasteiger partial charge in [-0.15, -0.1) is 0 Å². The van der Waals surface area contributed by atoms with Crippen molar-refractivity contribution in [2.75, 3.05) is 17.6 Å². The zero-order valence-electron chi connectivity index (χ0n) is 12.3. The monoisotopic (exact) mass is 299 g/mol. The van der Waals surface area contributed by atoms with Gasteiger partial charge in [-0.25, -0.2) is 0 Å². The number of anilines is 2. The molecule has 114 valence electrons. The lowest BCUT2D eigenvalue weighted by Crippen LogP contribution is -2.36. The maximum Gasteiger partial charge on any atom is 0.197 e. The van der Waals surface area contributed by atoms with Crippen LogP contribution in [-0.2, 0) is 0 Å². The Kier molecular flexibility index (Phi) is 5.10. The molecule has 1 heterocycles. The first-order valence-electron chi connectivity index (χ1n) is 7.38. The second-order valence-corrected chi connectivity index (χ2v) is 6.66. The first-order chi connectivity index (χ1) is 9.50. The van der Waals surface area contributed by atoms with E-state index in [2.05, 4.69) is 9.69 Å². The third-order valence-electron chi connectivity index (χ3n) is 3.64. The van der Waals surface area contributed by atoms with Crippen molar-refractivity contribution in [3.63, 3.8) is 0 Å². The lowest BCUT2D eigenvalue weighted by Gasteiger charge is -2.27. The van der Waals surface area contributed by atoms with Crippen molar-refractivity contribution in [1.29, 1.82) is 0 Å². The van der Waals surface area contributed by atoms with Gasteiger partial charge in [-0.2, -0.15) is 4.37 Å². The van der Waals surface area contributed by atoms with Crippen LogP contribution >= 0.6 is 11.5 Å². The van der Waals surface area contributed by atoms with Crippen LogP contribution in [0, 0.1) is 0 Å². The van der Waals surface area contributed by atoms with Crippen LogP contribution in [0.15, 0.2) is 0 Å². The summed E-state index contributed by atoms with van der Waals surface area (Å²) in [5, 5.41) is 14.7. The van der Waals surface area contributed by atoms with E-state index in [0.717, 1.165) is 30.7 Å². The van der Waals surface area contributed by atoms with Gasteiger partial charge in [-0.3, -0.25) is 0 Å². The van der Waals surface area contributed by atoms with Crippen LogP contribution in [0.25, 0.3) is 0 Å². The van der Waals surface area contributed by atoms with Gasteiger partial charge >= 0.3 is 0 Å². The van der Waals surface area contributed by atoms with Gasteiger partial charge in [0.2, 0.25) is 0 Å². The molecule has 2 rings (SSSR count). The zero-order chi connectivity index (χ0) is 14.6. The largest absolute Gasteiger partial charge is 0.484 e. The molecule has 1 aliphatic carbocycles. The van der Waals surface area contributed by atoms with Crippen LogP contribution < -0.4 is 15.8 Å². The number of nitrogens with one attached hydrogen (secondary N) is 1. The Morgan fingerprint density at radius 3 is 2.60 bits per heavy atom. The maximum absolute atomic E-state index is 10.6. The minimum atomic E-state index is -0.621. The van der Waals surface area contributed by atoms with Gasteiger partial charge in [0, 0.05) is 6.54 Å². The van der Waals surface area contributed by atoms with Crippen LogP contribution in [-0.4, -0.2) is 27.7 Å². The molecule has 1 fully saturated rings. The molecule has 1 aromatic rings. The second-order valence-electron chi connectivity index (χ2n) is 5.88. The molecular weight excluding hydrogens is 274 g/mol. The van der Waals surface area contributed by atoms with Gasteiger partial charge in [-0.05, 0) is 38.2 Å². The fourth-order valence-electron chi connectivity index (χ4n) is 2.56. The average molecular weight is 299 g/mol. The number of hydrogen-bond acceptors (Lipinski definition) is 6. The van der Waals surface area contributed by atoms with E-state index in [4.69, 9.17) is 10.5 Å². The SMILES string of the molecule is CC(C)Oc1c(N)nsc1NCC1(O)CCCCCC1. The molecule has 0 amide bonds. The summed E-state index contributed by atoms with van der Waals surface area (Å²) in [6.07, 6.45) is 6.39. The molecule has 0 spiro atoms. The molecule has 0 atom stereocenters. The van der Waals surface area contributed by atoms with E-state index in [0.29, 0.717) is 18.1 Å². The molecular formula is C14H25N3O2S. The van der Waals surface area contributed by atoms with Crippen molar-refractivity contribution in [1.82, 2.24) is 4.37 Å². The van der Waals surface area contributed by atoms with E-state index in [1.54, 1.807) is 0 Å². The molecule has 20 heavy (non-hydrogen) atoms. The summed E-state index contributed by atoms with van der Waals surface area (Å²) in [6.45, 7) is 4.45. The van der Waals surface area contributed by atoms with Crippen LogP contribution in [0.5, 0.6) is 5.75 Å². The highest BCUT2D eigenvalue weighted by Crippen LogP contribution is 2.37. The van der Waals surface area contributed by atoms with Crippen LogP contribution in [0.3, 0.4) is 0 Å². The summed E-state index contributed by atoms with van der Waals surface area (Å²) in [5.74, 6) is 1.03. The first-order valence-corrected chi connectivity index (χ1v) is 8.15. The van der Waals surface area contributed by atoms with Gasteiger partial charge < -0.3 is 20.9 Å². The highest BCUT2D eigenvalue weighted by molar-refractivity contribution is 7.11. The van der Waals surface area contributed by atoms with Gasteiger partial charge in [0.05, 0.1) is 11.7 Å². The topological polar surface area (TPSA) is 80.4 Å². The predicted octanol–water partition coefficient (Wildman–Crippen LogP) is 3.01. The summed E-state index contributed by atoms with van der Waals surface area (Å²) in [6, 6.07) is 0. The van der Waals surface area contributed by atoms with Gasteiger partial charge in [0.25, 0.3) is 0 Å². The van der Waals surface area contributed by atoms with Gasteiger partial charge in [-0.1, -0.05) is 25.7 Å². The molecule has 1 aromatic heterocycles. The molecule has 1 saturated carbocycles. The number of nitrogen functional groups attached to an aromatic ring is 1. The molecule has 0 aromatic carbocycles. The van der Waals surface area contributed by atoms with E-state index >= 15 is 0 Å². The molecule has 0 unspecified atom stereocenters. The molecule has 1 aliphatic rings. The average Bonchev–Trinajstić information content (AvgIpc) is 2.61. The Morgan fingerprint density at radius 2 is 2.00 bits per heavy atom. The van der Waals surface area contributed by atoms with Crippen molar-refractivity contribution in [3.05, 3.63) is 0 Å². The highest BCUT2D eigenvalue weighted by atomic mass is 32.1. The Labute approximate surface area is 124 Å². The number of aliphatic hydroxyl groups is 1. The summed E-state index contributed by atoms with van der Waals surface area (Å²) >= 11 is 1.29. The molecule has 0 saturated heterocycles. The predicted molar refractivity (Wildman–Crippen MR) is 83.4 cm³/mol. The smallest absolute Gasteiger partial charge is 0.197 e. The number of rotatable bonds is 5. The van der Waals surface area contributed by atoms with Crippen molar-refractivity contribution in [2.45, 2.75) is 64.1 Å². The Bertz CT molecular complexity index is 426. The normalized spacial score (nSPS) is 18.8. The summed E-state index contributed by atoms with van der Waals surface area (Å²) in [5.41, 5.74) is 5.21. The summed E-state index contributed by atoms with van der Waals surface area (Å²) < 4.78 is 9.82. The molecule has 4 N–H and O–H groups in total. The first kappa shape index (κ1) is 15.4. The second kappa shape index (κ2) is 6.63. The van der Waals surface area contributed by atoms with Crippen molar-refractivity contribution in [3.8, 4) is 5.75 Å². The molecule has 0 bridgehead atoms. The number of aromatic nitrogens is 1. The minimum Gasteiger partial charge on any atom is -0.484 e. The quantitative estimate of drug-likeness (QED) is 0.728. The fourth-order valence-corrected chi connectivity index (χ4v) is 3.21. The van der Waals surface area contributed by atoms with Crippen LogP contribution in [0.4, 0.5) is 10.8 Å². The lowest BCUT2D eigenvalue weighted by atomic mass is 9.94. The maximum atomic E-state index is 10.6. The Balaban J connectivity index is 1.99. The summed E-state index contributed by atoms with van der Waals surface area (Å²) in [7, 11) is 0. The number of hydrogen-bond donors (Lipinski definition) is 3. The minimum absolute atomic E-state index is 0.0511. The highest BCUT2D eigenvalue weighted by Gasteiger charge is 2.28. The van der Waals surface area contributed by atoms with Crippen LogP contribution in [0.2, 0.25) is 0 Å². The Hall–Kier alpha value is -1.01. The summed E-state index contributed by atoms with van der Waals surface area (Å²) in [4.78, 5) is 0. The molecule has 0 aliphatic heterocycles. The molecule has 6 heteroatoms. The lowest BCUT2D eigenvalue weighted by molar-refractivity contribution is 0.0381.